The first-order chi connectivity index (χ1) is 10.2. The Bertz CT molecular complexity index is 505. The van der Waals surface area contributed by atoms with E-state index in [-0.39, 0.29) is 6.61 Å². The highest BCUT2D eigenvalue weighted by atomic mass is 16.5. The largest absolute Gasteiger partial charge is 0.466 e. The fourth-order valence-corrected chi connectivity index (χ4v) is 1.50. The molecular formula is C16H18O5. The highest BCUT2D eigenvalue weighted by Gasteiger charge is 2.12. The van der Waals surface area contributed by atoms with Gasteiger partial charge in [-0.3, -0.25) is 0 Å². The van der Waals surface area contributed by atoms with Crippen molar-refractivity contribution >= 4 is 11.9 Å². The molecule has 0 aliphatic carbocycles. The maximum Gasteiger partial charge on any atom is 0.338 e. The maximum absolute atomic E-state index is 12.0. The van der Waals surface area contributed by atoms with E-state index in [0.717, 1.165) is 0 Å². The minimum Gasteiger partial charge on any atom is -0.466 e. The van der Waals surface area contributed by atoms with Crippen LogP contribution < -0.4 is 0 Å². The standard InChI is InChI=1S/C16H18O5/c1-20-15(18)11-10-14(9-5-6-12-17)21-16(19)13-7-3-2-4-8-13/h2-8,10-11,14,17H,9,12H2,1H3/b6-5+,11-10-/t14-/m1/s1. The van der Waals surface area contributed by atoms with Gasteiger partial charge in [-0.1, -0.05) is 30.4 Å². The van der Waals surface area contributed by atoms with Crippen molar-refractivity contribution in [3.63, 3.8) is 0 Å². The zero-order valence-corrected chi connectivity index (χ0v) is 11.8. The van der Waals surface area contributed by atoms with Gasteiger partial charge in [-0.25, -0.2) is 9.59 Å². The Hall–Kier alpha value is -2.40. The molecule has 1 N–H and O–H groups in total. The Morgan fingerprint density at radius 3 is 2.57 bits per heavy atom. The van der Waals surface area contributed by atoms with Crippen molar-refractivity contribution in [3.05, 3.63) is 60.2 Å². The SMILES string of the molecule is COC(=O)/C=C\[C@@H](C/C=C/CO)OC(=O)c1ccccc1. The predicted octanol–water partition coefficient (Wildman–Crippen LogP) is 1.88. The van der Waals surface area contributed by atoms with Crippen molar-refractivity contribution < 1.29 is 24.2 Å². The average molecular weight is 290 g/mol. The zero-order valence-electron chi connectivity index (χ0n) is 11.8. The van der Waals surface area contributed by atoms with Crippen molar-refractivity contribution in [2.75, 3.05) is 13.7 Å². The number of aliphatic hydroxyl groups excluding tert-OH is 1. The summed E-state index contributed by atoms with van der Waals surface area (Å²) in [7, 11) is 1.27. The van der Waals surface area contributed by atoms with Crippen LogP contribution in [-0.2, 0) is 14.3 Å². The first kappa shape index (κ1) is 16.7. The number of hydrogen-bond acceptors (Lipinski definition) is 5. The number of ether oxygens (including phenoxy) is 2. The summed E-state index contributed by atoms with van der Waals surface area (Å²) in [6.07, 6.45) is 5.61. The molecule has 1 aromatic rings. The molecule has 5 nitrogen and oxygen atoms in total. The van der Waals surface area contributed by atoms with Crippen LogP contribution in [0.1, 0.15) is 16.8 Å². The monoisotopic (exact) mass is 290 g/mol. The fraction of sp³-hybridized carbons (Fsp3) is 0.250. The number of methoxy groups -OCH3 is 1. The molecule has 0 saturated heterocycles. The number of carbonyl (C=O) groups excluding carboxylic acids is 2. The molecule has 21 heavy (non-hydrogen) atoms. The van der Waals surface area contributed by atoms with Crippen LogP contribution in [-0.4, -0.2) is 36.9 Å². The number of hydrogen-bond donors (Lipinski definition) is 1. The van der Waals surface area contributed by atoms with Gasteiger partial charge in [0, 0.05) is 12.5 Å². The van der Waals surface area contributed by atoms with Crippen molar-refractivity contribution in [1.82, 2.24) is 0 Å². The van der Waals surface area contributed by atoms with Gasteiger partial charge in [-0.05, 0) is 18.2 Å². The van der Waals surface area contributed by atoms with Gasteiger partial charge < -0.3 is 14.6 Å². The van der Waals surface area contributed by atoms with E-state index in [1.807, 2.05) is 0 Å². The molecule has 0 radical (unpaired) electrons. The average Bonchev–Trinajstić information content (AvgIpc) is 2.53. The first-order valence-electron chi connectivity index (χ1n) is 6.45. The molecule has 112 valence electrons. The van der Waals surface area contributed by atoms with Crippen LogP contribution in [0.3, 0.4) is 0 Å². The van der Waals surface area contributed by atoms with E-state index in [4.69, 9.17) is 9.84 Å². The third-order valence-corrected chi connectivity index (χ3v) is 2.56. The van der Waals surface area contributed by atoms with Crippen LogP contribution >= 0.6 is 0 Å². The van der Waals surface area contributed by atoms with Crippen LogP contribution in [0.15, 0.2) is 54.6 Å². The molecule has 0 spiro atoms. The van der Waals surface area contributed by atoms with Crippen LogP contribution in [0.5, 0.6) is 0 Å². The summed E-state index contributed by atoms with van der Waals surface area (Å²) in [4.78, 5) is 23.1. The second kappa shape index (κ2) is 9.50. The highest BCUT2D eigenvalue weighted by Crippen LogP contribution is 2.08. The van der Waals surface area contributed by atoms with Crippen molar-refractivity contribution in [3.8, 4) is 0 Å². The Morgan fingerprint density at radius 1 is 1.24 bits per heavy atom. The molecule has 1 atom stereocenters. The number of esters is 2. The maximum atomic E-state index is 12.0. The summed E-state index contributed by atoms with van der Waals surface area (Å²) in [5, 5.41) is 8.71. The normalized spacial score (nSPS) is 12.5. The lowest BCUT2D eigenvalue weighted by atomic mass is 10.2. The van der Waals surface area contributed by atoms with Gasteiger partial charge in [0.2, 0.25) is 0 Å². The van der Waals surface area contributed by atoms with Gasteiger partial charge in [0.25, 0.3) is 0 Å². The van der Waals surface area contributed by atoms with Gasteiger partial charge in [-0.15, -0.1) is 0 Å². The molecule has 5 heteroatoms. The summed E-state index contributed by atoms with van der Waals surface area (Å²) < 4.78 is 9.80. The van der Waals surface area contributed by atoms with Crippen LogP contribution in [0, 0.1) is 0 Å². The molecule has 0 heterocycles. The van der Waals surface area contributed by atoms with Gasteiger partial charge in [0.1, 0.15) is 6.10 Å². The van der Waals surface area contributed by atoms with E-state index in [2.05, 4.69) is 4.74 Å². The third kappa shape index (κ3) is 6.54. The highest BCUT2D eigenvalue weighted by molar-refractivity contribution is 5.89. The minimum atomic E-state index is -0.611. The van der Waals surface area contributed by atoms with Crippen molar-refractivity contribution in [2.45, 2.75) is 12.5 Å². The predicted molar refractivity (Wildman–Crippen MR) is 77.6 cm³/mol. The molecular weight excluding hydrogens is 272 g/mol. The Labute approximate surface area is 123 Å². The molecule has 0 aromatic heterocycles. The second-order valence-electron chi connectivity index (χ2n) is 4.08. The van der Waals surface area contributed by atoms with Gasteiger partial charge in [0.05, 0.1) is 19.3 Å². The second-order valence-corrected chi connectivity index (χ2v) is 4.08. The van der Waals surface area contributed by atoms with Gasteiger partial charge in [-0.2, -0.15) is 0 Å². The van der Waals surface area contributed by atoms with Crippen LogP contribution in [0.25, 0.3) is 0 Å². The molecule has 0 bridgehead atoms. The summed E-state index contributed by atoms with van der Waals surface area (Å²) in [6.45, 7) is -0.0972. The summed E-state index contributed by atoms with van der Waals surface area (Å²) in [5.41, 5.74) is 0.431. The van der Waals surface area contributed by atoms with Gasteiger partial charge in [0.15, 0.2) is 0 Å². The van der Waals surface area contributed by atoms with E-state index in [1.54, 1.807) is 36.4 Å². The lowest BCUT2D eigenvalue weighted by molar-refractivity contribution is -0.134. The Kier molecular flexibility index (Phi) is 7.53. The Balaban J connectivity index is 2.71. The molecule has 0 amide bonds. The zero-order chi connectivity index (χ0) is 15.5. The van der Waals surface area contributed by atoms with Crippen molar-refractivity contribution in [1.29, 1.82) is 0 Å². The number of benzene rings is 1. The molecule has 0 saturated carbocycles. The summed E-state index contributed by atoms with van der Waals surface area (Å²) >= 11 is 0. The Morgan fingerprint density at radius 2 is 1.95 bits per heavy atom. The minimum absolute atomic E-state index is 0.0972. The first-order valence-corrected chi connectivity index (χ1v) is 6.45. The summed E-state index contributed by atoms with van der Waals surface area (Å²) in [5.74, 6) is -1.01. The molecule has 0 aliphatic rings. The lowest BCUT2D eigenvalue weighted by Crippen LogP contribution is -2.16. The van der Waals surface area contributed by atoms with E-state index < -0.39 is 18.0 Å². The van der Waals surface area contributed by atoms with E-state index >= 15 is 0 Å². The van der Waals surface area contributed by atoms with E-state index in [9.17, 15) is 9.59 Å². The van der Waals surface area contributed by atoms with E-state index in [0.29, 0.717) is 12.0 Å². The third-order valence-electron chi connectivity index (χ3n) is 2.56. The molecule has 0 unspecified atom stereocenters. The van der Waals surface area contributed by atoms with Crippen LogP contribution in [0.2, 0.25) is 0 Å². The lowest BCUT2D eigenvalue weighted by Gasteiger charge is -2.12. The molecule has 1 aromatic carbocycles. The fourth-order valence-electron chi connectivity index (χ4n) is 1.50. The quantitative estimate of drug-likeness (QED) is 0.471. The topological polar surface area (TPSA) is 72.8 Å². The number of rotatable bonds is 7. The summed E-state index contributed by atoms with van der Waals surface area (Å²) in [6, 6.07) is 8.57. The number of carbonyl (C=O) groups is 2. The van der Waals surface area contributed by atoms with Crippen LogP contribution in [0.4, 0.5) is 0 Å². The van der Waals surface area contributed by atoms with Crippen molar-refractivity contribution in [2.24, 2.45) is 0 Å². The number of aliphatic hydroxyl groups is 1. The smallest absolute Gasteiger partial charge is 0.338 e. The molecule has 1 rings (SSSR count). The van der Waals surface area contributed by atoms with E-state index in [1.165, 1.54) is 25.3 Å². The molecule has 0 fully saturated rings. The van der Waals surface area contributed by atoms with Gasteiger partial charge >= 0.3 is 11.9 Å². The molecule has 0 aliphatic heterocycles.